The number of aromatic amines is 1. The average molecular weight is 301 g/mol. The maximum Gasteiger partial charge on any atom is 0.242 e. The second-order valence-corrected chi connectivity index (χ2v) is 7.66. The topological polar surface area (TPSA) is 74.0 Å². The molecule has 0 spiro atoms. The van der Waals surface area contributed by atoms with Crippen LogP contribution in [0.3, 0.4) is 0 Å². The van der Waals surface area contributed by atoms with Gasteiger partial charge in [-0.2, -0.15) is 0 Å². The summed E-state index contributed by atoms with van der Waals surface area (Å²) in [7, 11) is -1.61. The first kappa shape index (κ1) is 17.2. The summed E-state index contributed by atoms with van der Waals surface area (Å²) in [6.07, 6.45) is 1.54. The van der Waals surface area contributed by atoms with E-state index < -0.39 is 10.0 Å². The third kappa shape index (κ3) is 4.61. The van der Waals surface area contributed by atoms with E-state index >= 15 is 0 Å². The summed E-state index contributed by atoms with van der Waals surface area (Å²) < 4.78 is 27.2. The zero-order chi connectivity index (χ0) is 15.3. The number of H-pyrrole nitrogens is 1. The lowest BCUT2D eigenvalue weighted by molar-refractivity contribution is 0.289. The van der Waals surface area contributed by atoms with Gasteiger partial charge in [0.05, 0.1) is 4.90 Å². The van der Waals surface area contributed by atoms with Crippen LogP contribution in [0.1, 0.15) is 33.4 Å². The van der Waals surface area contributed by atoms with Crippen LogP contribution in [0, 0.1) is 17.8 Å². The predicted molar refractivity (Wildman–Crippen MR) is 81.9 cm³/mol. The highest BCUT2D eigenvalue weighted by Crippen LogP contribution is 2.20. The Hall–Kier alpha value is -0.850. The molecule has 0 fully saturated rings. The normalized spacial score (nSPS) is 12.8. The number of nitrogens with one attached hydrogen (secondary N) is 3. The molecule has 20 heavy (non-hydrogen) atoms. The molecule has 0 aliphatic heterocycles. The Morgan fingerprint density at radius 3 is 2.30 bits per heavy atom. The SMILES string of the molecule is CNCc1cc(S(=O)(=O)NCC(C(C)C)C(C)C)c[nH]1. The van der Waals surface area contributed by atoms with Gasteiger partial charge in [0.15, 0.2) is 0 Å². The van der Waals surface area contributed by atoms with Gasteiger partial charge in [-0.25, -0.2) is 13.1 Å². The fourth-order valence-corrected chi connectivity index (χ4v) is 3.49. The second-order valence-electron chi connectivity index (χ2n) is 5.89. The summed E-state index contributed by atoms with van der Waals surface area (Å²) in [6, 6.07) is 1.67. The van der Waals surface area contributed by atoms with Crippen LogP contribution in [0.5, 0.6) is 0 Å². The number of aromatic nitrogens is 1. The first-order valence-corrected chi connectivity index (χ1v) is 8.57. The van der Waals surface area contributed by atoms with E-state index in [0.717, 1.165) is 5.69 Å². The van der Waals surface area contributed by atoms with Gasteiger partial charge in [-0.15, -0.1) is 0 Å². The molecule has 1 aromatic heterocycles. The summed E-state index contributed by atoms with van der Waals surface area (Å²) in [6.45, 7) is 9.60. The van der Waals surface area contributed by atoms with Crippen molar-refractivity contribution in [3.05, 3.63) is 18.0 Å². The molecule has 0 atom stereocenters. The minimum atomic E-state index is -3.43. The zero-order valence-electron chi connectivity index (χ0n) is 13.0. The Morgan fingerprint density at radius 1 is 1.20 bits per heavy atom. The van der Waals surface area contributed by atoms with Gasteiger partial charge in [-0.05, 0) is 30.9 Å². The minimum absolute atomic E-state index is 0.300. The molecular formula is C14H27N3O2S. The Kier molecular flexibility index (Phi) is 6.23. The fraction of sp³-hybridized carbons (Fsp3) is 0.714. The first-order valence-electron chi connectivity index (χ1n) is 7.09. The molecule has 0 amide bonds. The standard InChI is InChI=1S/C14H27N3O2S/c1-10(2)14(11(3)4)9-17-20(18,19)13-6-12(7-15-5)16-8-13/h6,8,10-11,14-17H,7,9H2,1-5H3. The van der Waals surface area contributed by atoms with Crippen molar-refractivity contribution in [3.8, 4) is 0 Å². The van der Waals surface area contributed by atoms with Crippen molar-refractivity contribution in [1.82, 2.24) is 15.0 Å². The molecule has 3 N–H and O–H groups in total. The van der Waals surface area contributed by atoms with E-state index in [2.05, 4.69) is 42.7 Å². The van der Waals surface area contributed by atoms with Crippen LogP contribution in [-0.4, -0.2) is 27.0 Å². The van der Waals surface area contributed by atoms with Gasteiger partial charge in [0, 0.05) is 25.0 Å². The van der Waals surface area contributed by atoms with E-state index in [1.807, 2.05) is 7.05 Å². The maximum absolute atomic E-state index is 12.2. The van der Waals surface area contributed by atoms with Crippen molar-refractivity contribution >= 4 is 10.0 Å². The number of rotatable bonds is 8. The van der Waals surface area contributed by atoms with E-state index in [-0.39, 0.29) is 0 Å². The van der Waals surface area contributed by atoms with Crippen molar-refractivity contribution in [2.24, 2.45) is 17.8 Å². The van der Waals surface area contributed by atoms with E-state index in [1.54, 1.807) is 6.07 Å². The Morgan fingerprint density at radius 2 is 1.80 bits per heavy atom. The number of sulfonamides is 1. The zero-order valence-corrected chi connectivity index (χ0v) is 13.8. The molecule has 1 aromatic rings. The summed E-state index contributed by atoms with van der Waals surface area (Å²) in [5.74, 6) is 1.23. The average Bonchev–Trinajstić information content (AvgIpc) is 2.78. The van der Waals surface area contributed by atoms with Crippen molar-refractivity contribution < 1.29 is 8.42 Å². The molecule has 0 bridgehead atoms. The van der Waals surface area contributed by atoms with Crippen molar-refractivity contribution in [2.75, 3.05) is 13.6 Å². The van der Waals surface area contributed by atoms with Crippen LogP contribution in [0.4, 0.5) is 0 Å². The highest BCUT2D eigenvalue weighted by atomic mass is 32.2. The third-order valence-electron chi connectivity index (χ3n) is 3.62. The third-order valence-corrected chi connectivity index (χ3v) is 5.02. The lowest BCUT2D eigenvalue weighted by atomic mass is 9.86. The Labute approximate surface area is 122 Å². The molecule has 5 nitrogen and oxygen atoms in total. The van der Waals surface area contributed by atoms with E-state index in [4.69, 9.17) is 0 Å². The van der Waals surface area contributed by atoms with Crippen molar-refractivity contribution in [3.63, 3.8) is 0 Å². The minimum Gasteiger partial charge on any atom is -0.363 e. The first-order chi connectivity index (χ1) is 9.27. The lowest BCUT2D eigenvalue weighted by Gasteiger charge is -2.24. The van der Waals surface area contributed by atoms with Gasteiger partial charge in [0.25, 0.3) is 0 Å². The summed E-state index contributed by atoms with van der Waals surface area (Å²) in [5.41, 5.74) is 0.858. The largest absolute Gasteiger partial charge is 0.363 e. The predicted octanol–water partition coefficient (Wildman–Crippen LogP) is 1.94. The van der Waals surface area contributed by atoms with Gasteiger partial charge in [-0.3, -0.25) is 0 Å². The fourth-order valence-electron chi connectivity index (χ4n) is 2.40. The monoisotopic (exact) mass is 301 g/mol. The van der Waals surface area contributed by atoms with E-state index in [9.17, 15) is 8.42 Å². The maximum atomic E-state index is 12.2. The quantitative estimate of drug-likeness (QED) is 0.687. The summed E-state index contributed by atoms with van der Waals surface area (Å²) in [4.78, 5) is 3.26. The molecule has 116 valence electrons. The van der Waals surface area contributed by atoms with Crippen LogP contribution >= 0.6 is 0 Å². The number of hydrogen-bond donors (Lipinski definition) is 3. The van der Waals surface area contributed by atoms with Gasteiger partial charge in [0.1, 0.15) is 0 Å². The smallest absolute Gasteiger partial charge is 0.242 e. The highest BCUT2D eigenvalue weighted by molar-refractivity contribution is 7.89. The molecule has 0 aliphatic rings. The van der Waals surface area contributed by atoms with Gasteiger partial charge >= 0.3 is 0 Å². The van der Waals surface area contributed by atoms with Crippen LogP contribution in [-0.2, 0) is 16.6 Å². The highest BCUT2D eigenvalue weighted by Gasteiger charge is 2.22. The molecule has 0 unspecified atom stereocenters. The summed E-state index contributed by atoms with van der Waals surface area (Å²) in [5, 5.41) is 2.98. The molecule has 1 heterocycles. The van der Waals surface area contributed by atoms with E-state index in [0.29, 0.717) is 35.7 Å². The Balaban J connectivity index is 2.73. The van der Waals surface area contributed by atoms with Crippen LogP contribution < -0.4 is 10.0 Å². The van der Waals surface area contributed by atoms with Crippen LogP contribution in [0.25, 0.3) is 0 Å². The molecule has 0 aromatic carbocycles. The number of hydrogen-bond acceptors (Lipinski definition) is 3. The van der Waals surface area contributed by atoms with Crippen molar-refractivity contribution in [1.29, 1.82) is 0 Å². The molecule has 0 saturated heterocycles. The lowest BCUT2D eigenvalue weighted by Crippen LogP contribution is -2.33. The molecule has 6 heteroatoms. The van der Waals surface area contributed by atoms with Gasteiger partial charge in [-0.1, -0.05) is 27.7 Å². The van der Waals surface area contributed by atoms with Crippen LogP contribution in [0.2, 0.25) is 0 Å². The molecule has 0 saturated carbocycles. The molecule has 0 aliphatic carbocycles. The molecule has 1 rings (SSSR count). The van der Waals surface area contributed by atoms with Gasteiger partial charge < -0.3 is 10.3 Å². The Bertz CT molecular complexity index is 498. The molecule has 0 radical (unpaired) electrons. The van der Waals surface area contributed by atoms with Gasteiger partial charge in [0.2, 0.25) is 10.0 Å². The van der Waals surface area contributed by atoms with E-state index in [1.165, 1.54) is 6.20 Å². The van der Waals surface area contributed by atoms with Crippen LogP contribution in [0.15, 0.2) is 17.2 Å². The second kappa shape index (κ2) is 7.24. The summed E-state index contributed by atoms with van der Waals surface area (Å²) >= 11 is 0. The molecular weight excluding hydrogens is 274 g/mol. The van der Waals surface area contributed by atoms with Crippen molar-refractivity contribution in [2.45, 2.75) is 39.1 Å².